The Morgan fingerprint density at radius 3 is 2.36 bits per heavy atom. The number of carbonyl (C=O) groups excluding carboxylic acids is 2. The third-order valence-electron chi connectivity index (χ3n) is 6.27. The minimum atomic E-state index is -0.636. The molecule has 2 heterocycles. The van der Waals surface area contributed by atoms with Crippen LogP contribution in [0.25, 0.3) is 5.52 Å². The third-order valence-corrected chi connectivity index (χ3v) is 6.27. The van der Waals surface area contributed by atoms with Crippen LogP contribution >= 0.6 is 0 Å². The third kappa shape index (κ3) is 5.87. The molecule has 0 saturated carbocycles. The van der Waals surface area contributed by atoms with Crippen molar-refractivity contribution in [3.05, 3.63) is 107 Å². The van der Waals surface area contributed by atoms with E-state index < -0.39 is 12.1 Å². The molecule has 0 aliphatic rings. The van der Waals surface area contributed by atoms with Crippen molar-refractivity contribution in [3.63, 3.8) is 0 Å². The van der Waals surface area contributed by atoms with Crippen molar-refractivity contribution in [2.24, 2.45) is 0 Å². The first kappa shape index (κ1) is 25.3. The van der Waals surface area contributed by atoms with Crippen LogP contribution in [0.3, 0.4) is 0 Å². The molecule has 7 nitrogen and oxygen atoms in total. The summed E-state index contributed by atoms with van der Waals surface area (Å²) in [6.45, 7) is 6.60. The lowest BCUT2D eigenvalue weighted by atomic mass is 9.95. The highest BCUT2D eigenvalue weighted by Crippen LogP contribution is 2.24. The average molecular weight is 485 g/mol. The summed E-state index contributed by atoms with van der Waals surface area (Å²) in [4.78, 5) is 26.2. The number of benzene rings is 2. The molecule has 1 amide bonds. The van der Waals surface area contributed by atoms with E-state index in [1.165, 1.54) is 11.1 Å². The second-order valence-corrected chi connectivity index (χ2v) is 9.29. The molecule has 3 N–H and O–H groups in total. The topological polar surface area (TPSA) is 95.7 Å². The van der Waals surface area contributed by atoms with E-state index in [1.54, 1.807) is 36.0 Å². The Morgan fingerprint density at radius 2 is 1.67 bits per heavy atom. The van der Waals surface area contributed by atoms with E-state index in [2.05, 4.69) is 53.8 Å². The quantitative estimate of drug-likeness (QED) is 0.295. The molecule has 0 bridgehead atoms. The van der Waals surface area contributed by atoms with Crippen LogP contribution in [-0.4, -0.2) is 45.6 Å². The Balaban J connectivity index is 1.57. The first-order valence-corrected chi connectivity index (χ1v) is 12.2. The van der Waals surface area contributed by atoms with Crippen LogP contribution in [0, 0.1) is 6.92 Å². The standard InChI is InChI=1S/C29H32N4O3/c1-19-9-11-22(12-10-19)20(2)15-30-27(23-7-5-4-6-8-23)28(35)25-17-32-33-18-24(13-14-26(25)33)29(36)31-16-21(3)34/h4-14,17-18,20-21,27,30,34H,15-16H2,1-3H3,(H,31,36)/t20-,21+,27-/m0/s1. The average Bonchev–Trinajstić information content (AvgIpc) is 3.31. The number of aliphatic hydroxyl groups excluding tert-OH is 1. The molecule has 0 aliphatic heterocycles. The summed E-state index contributed by atoms with van der Waals surface area (Å²) in [6, 6.07) is 21.0. The molecule has 0 radical (unpaired) electrons. The van der Waals surface area contributed by atoms with Crippen molar-refractivity contribution < 1.29 is 14.7 Å². The number of fused-ring (bicyclic) bond motifs is 1. The Hall–Kier alpha value is -3.81. The predicted molar refractivity (Wildman–Crippen MR) is 140 cm³/mol. The van der Waals surface area contributed by atoms with Crippen LogP contribution < -0.4 is 10.6 Å². The van der Waals surface area contributed by atoms with E-state index in [0.717, 1.165) is 5.56 Å². The van der Waals surface area contributed by atoms with Crippen LogP contribution in [0.4, 0.5) is 0 Å². The molecule has 2 aromatic carbocycles. The van der Waals surface area contributed by atoms with Gasteiger partial charge in [0.2, 0.25) is 0 Å². The van der Waals surface area contributed by atoms with Gasteiger partial charge in [0, 0.05) is 19.3 Å². The minimum absolute atomic E-state index is 0.0846. The monoisotopic (exact) mass is 484 g/mol. The summed E-state index contributed by atoms with van der Waals surface area (Å²) < 4.78 is 1.54. The van der Waals surface area contributed by atoms with Gasteiger partial charge in [-0.3, -0.25) is 9.59 Å². The van der Waals surface area contributed by atoms with Crippen molar-refractivity contribution in [2.75, 3.05) is 13.1 Å². The number of nitrogens with one attached hydrogen (secondary N) is 2. The molecule has 0 fully saturated rings. The van der Waals surface area contributed by atoms with Gasteiger partial charge in [-0.1, -0.05) is 67.1 Å². The second-order valence-electron chi connectivity index (χ2n) is 9.29. The molecule has 4 aromatic rings. The fourth-order valence-corrected chi connectivity index (χ4v) is 4.12. The summed E-state index contributed by atoms with van der Waals surface area (Å²) in [6.07, 6.45) is 2.51. The highest BCUT2D eigenvalue weighted by molar-refractivity contribution is 6.06. The summed E-state index contributed by atoms with van der Waals surface area (Å²) >= 11 is 0. The lowest BCUT2D eigenvalue weighted by molar-refractivity contribution is 0.0922. The van der Waals surface area contributed by atoms with Crippen LogP contribution in [0.5, 0.6) is 0 Å². The van der Waals surface area contributed by atoms with Crippen molar-refractivity contribution >= 4 is 17.2 Å². The first-order valence-electron chi connectivity index (χ1n) is 12.2. The molecule has 0 spiro atoms. The van der Waals surface area contributed by atoms with Gasteiger partial charge in [-0.2, -0.15) is 5.10 Å². The van der Waals surface area contributed by atoms with Gasteiger partial charge in [-0.15, -0.1) is 0 Å². The van der Waals surface area contributed by atoms with Gasteiger partial charge in [-0.25, -0.2) is 4.52 Å². The number of aliphatic hydroxyl groups is 1. The molecule has 0 saturated heterocycles. The lowest BCUT2D eigenvalue weighted by Crippen LogP contribution is -2.31. The van der Waals surface area contributed by atoms with E-state index in [-0.39, 0.29) is 24.2 Å². The fourth-order valence-electron chi connectivity index (χ4n) is 4.12. The van der Waals surface area contributed by atoms with E-state index in [4.69, 9.17) is 0 Å². The highest BCUT2D eigenvalue weighted by Gasteiger charge is 2.25. The van der Waals surface area contributed by atoms with Gasteiger partial charge < -0.3 is 15.7 Å². The van der Waals surface area contributed by atoms with Gasteiger partial charge in [0.15, 0.2) is 5.78 Å². The maximum atomic E-state index is 13.8. The van der Waals surface area contributed by atoms with Crippen molar-refractivity contribution in [1.29, 1.82) is 0 Å². The zero-order valence-electron chi connectivity index (χ0n) is 20.8. The van der Waals surface area contributed by atoms with Crippen LogP contribution in [0.15, 0.2) is 79.1 Å². The Labute approximate surface area is 211 Å². The number of aryl methyl sites for hydroxylation is 1. The molecular formula is C29H32N4O3. The number of hydrogen-bond acceptors (Lipinski definition) is 5. The van der Waals surface area contributed by atoms with Crippen LogP contribution in [-0.2, 0) is 0 Å². The number of amides is 1. The van der Waals surface area contributed by atoms with E-state index in [0.29, 0.717) is 23.2 Å². The number of rotatable bonds is 10. The van der Waals surface area contributed by atoms with Gasteiger partial charge in [0.1, 0.15) is 0 Å². The Kier molecular flexibility index (Phi) is 7.93. The van der Waals surface area contributed by atoms with E-state index >= 15 is 0 Å². The summed E-state index contributed by atoms with van der Waals surface area (Å²) in [5.74, 6) is -0.176. The normalized spacial score (nSPS) is 13.8. The maximum absolute atomic E-state index is 13.8. The zero-order valence-corrected chi connectivity index (χ0v) is 20.8. The van der Waals surface area contributed by atoms with Gasteiger partial charge in [-0.05, 0) is 43.0 Å². The Bertz CT molecular complexity index is 1330. The zero-order chi connectivity index (χ0) is 25.7. The number of nitrogens with zero attached hydrogens (tertiary/aromatic N) is 2. The smallest absolute Gasteiger partial charge is 0.252 e. The number of pyridine rings is 1. The minimum Gasteiger partial charge on any atom is -0.392 e. The van der Waals surface area contributed by atoms with E-state index in [1.807, 2.05) is 30.3 Å². The number of Topliss-reactive ketones (excluding diaryl/α,β-unsaturated/α-hetero) is 1. The summed E-state index contributed by atoms with van der Waals surface area (Å²) in [5, 5.41) is 19.9. The SMILES string of the molecule is Cc1ccc([C@@H](C)CN[C@H](C(=O)c2cnn3cc(C(=O)NC[C@@H](C)O)ccc23)c2ccccc2)cc1. The highest BCUT2D eigenvalue weighted by atomic mass is 16.3. The molecule has 36 heavy (non-hydrogen) atoms. The number of hydrogen-bond donors (Lipinski definition) is 3. The number of aromatic nitrogens is 2. The fraction of sp³-hybridized carbons (Fsp3) is 0.276. The molecule has 186 valence electrons. The maximum Gasteiger partial charge on any atom is 0.252 e. The van der Waals surface area contributed by atoms with Gasteiger partial charge in [0.25, 0.3) is 5.91 Å². The Morgan fingerprint density at radius 1 is 0.944 bits per heavy atom. The molecule has 3 atom stereocenters. The molecule has 4 rings (SSSR count). The lowest BCUT2D eigenvalue weighted by Gasteiger charge is -2.21. The van der Waals surface area contributed by atoms with Crippen molar-refractivity contribution in [2.45, 2.75) is 38.8 Å². The van der Waals surface area contributed by atoms with Crippen LogP contribution in [0.1, 0.15) is 63.2 Å². The molecule has 0 aliphatic carbocycles. The summed E-state index contributed by atoms with van der Waals surface area (Å²) in [7, 11) is 0. The van der Waals surface area contributed by atoms with Crippen LogP contribution in [0.2, 0.25) is 0 Å². The van der Waals surface area contributed by atoms with Gasteiger partial charge >= 0.3 is 0 Å². The summed E-state index contributed by atoms with van der Waals surface area (Å²) in [5.41, 5.74) is 4.82. The van der Waals surface area contributed by atoms with Crippen molar-refractivity contribution in [1.82, 2.24) is 20.2 Å². The largest absolute Gasteiger partial charge is 0.392 e. The first-order chi connectivity index (χ1) is 17.3. The molecule has 2 aromatic heterocycles. The molecule has 0 unspecified atom stereocenters. The number of ketones is 1. The van der Waals surface area contributed by atoms with E-state index in [9.17, 15) is 14.7 Å². The van der Waals surface area contributed by atoms with Crippen molar-refractivity contribution in [3.8, 4) is 0 Å². The number of carbonyl (C=O) groups is 2. The predicted octanol–water partition coefficient (Wildman–Crippen LogP) is 4.07. The molecule has 7 heteroatoms. The van der Waals surface area contributed by atoms with Gasteiger partial charge in [0.05, 0.1) is 35.0 Å². The second kappa shape index (κ2) is 11.3. The molecular weight excluding hydrogens is 452 g/mol.